The molecule has 0 aromatic heterocycles. The third kappa shape index (κ3) is 7.50. The van der Waals surface area contributed by atoms with Crippen LogP contribution in [0.2, 0.25) is 0 Å². The van der Waals surface area contributed by atoms with E-state index in [2.05, 4.69) is 4.36 Å². The molecular weight excluding hydrogens is 160 g/mol. The van der Waals surface area contributed by atoms with Crippen molar-refractivity contribution in [1.29, 1.82) is 5.26 Å². The van der Waals surface area contributed by atoms with Crippen LogP contribution in [0, 0.1) is 11.5 Å². The minimum Gasteiger partial charge on any atom is -0.364 e. The molecule has 11 heavy (non-hydrogen) atoms. The molecule has 0 heterocycles. The van der Waals surface area contributed by atoms with Crippen LogP contribution in [-0.4, -0.2) is 17.8 Å². The molecule has 0 aliphatic heterocycles. The number of hydrogen-bond donors (Lipinski definition) is 0. The van der Waals surface area contributed by atoms with Gasteiger partial charge in [-0.25, -0.2) is 0 Å². The van der Waals surface area contributed by atoms with Crippen LogP contribution < -0.4 is 0 Å². The maximum Gasteiger partial charge on any atom is 0.212 e. The molecule has 0 aliphatic carbocycles. The second-order valence-corrected chi connectivity index (χ2v) is 4.79. The van der Waals surface area contributed by atoms with E-state index in [1.165, 1.54) is 0 Å². The maximum absolute atomic E-state index is 8.20. The summed E-state index contributed by atoms with van der Waals surface area (Å²) in [5.74, 6) is 0.539. The van der Waals surface area contributed by atoms with Gasteiger partial charge in [-0.3, -0.25) is 0 Å². The molecule has 1 unspecified atom stereocenters. The lowest BCUT2D eigenvalue weighted by Crippen LogP contribution is -2.21. The van der Waals surface area contributed by atoms with E-state index in [1.54, 1.807) is 6.19 Å². The van der Waals surface area contributed by atoms with Crippen molar-refractivity contribution in [3.8, 4) is 6.19 Å². The molecule has 0 amide bonds. The van der Waals surface area contributed by atoms with Crippen molar-refractivity contribution >= 4 is 10.7 Å². The quantitative estimate of drug-likeness (QED) is 0.598. The highest BCUT2D eigenvalue weighted by molar-refractivity contribution is 7.86. The molecule has 64 valence electrons. The first kappa shape index (κ1) is 10.6. The molecule has 0 bridgehead atoms. The van der Waals surface area contributed by atoms with Gasteiger partial charge < -0.3 is 4.74 Å². The van der Waals surface area contributed by atoms with Gasteiger partial charge in [0.15, 0.2) is 0 Å². The molecule has 0 saturated carbocycles. The van der Waals surface area contributed by atoms with Gasteiger partial charge >= 0.3 is 0 Å². The lowest BCUT2D eigenvalue weighted by Gasteiger charge is -2.18. The molecule has 0 rings (SSSR count). The molecule has 1 atom stereocenters. The smallest absolute Gasteiger partial charge is 0.212 e. The zero-order valence-corrected chi connectivity index (χ0v) is 8.23. The van der Waals surface area contributed by atoms with E-state index in [0.717, 1.165) is 0 Å². The minimum absolute atomic E-state index is 0.133. The molecule has 0 N–H and O–H groups in total. The van der Waals surface area contributed by atoms with Gasteiger partial charge in [-0.2, -0.15) is 5.26 Å². The van der Waals surface area contributed by atoms with Crippen LogP contribution in [-0.2, 0) is 15.4 Å². The zero-order valence-electron chi connectivity index (χ0n) is 7.42. The monoisotopic (exact) mass is 174 g/mol. The summed E-state index contributed by atoms with van der Waals surface area (Å²) in [5.41, 5.74) is -0.133. The molecule has 0 radical (unpaired) electrons. The highest BCUT2D eigenvalue weighted by atomic mass is 32.2. The molecular formula is C7H14N2OS. The first-order chi connectivity index (χ1) is 4.95. The molecule has 0 spiro atoms. The average Bonchev–Trinajstić information content (AvgIpc) is 1.83. The zero-order chi connectivity index (χ0) is 8.91. The Morgan fingerprint density at radius 2 is 2.09 bits per heavy atom. The second kappa shape index (κ2) is 4.47. The normalized spacial score (nSPS) is 14.5. The van der Waals surface area contributed by atoms with Crippen LogP contribution in [0.25, 0.3) is 0 Å². The van der Waals surface area contributed by atoms with Crippen molar-refractivity contribution in [2.75, 3.05) is 12.2 Å². The number of rotatable bonds is 2. The summed E-state index contributed by atoms with van der Waals surface area (Å²) in [6.45, 7) is 5.95. The largest absolute Gasteiger partial charge is 0.364 e. The predicted molar refractivity (Wildman–Crippen MR) is 47.0 cm³/mol. The molecule has 0 aromatic carbocycles. The van der Waals surface area contributed by atoms with Crippen LogP contribution in [0.4, 0.5) is 0 Å². The fourth-order valence-electron chi connectivity index (χ4n) is 0.358. The lowest BCUT2D eigenvalue weighted by atomic mass is 10.2. The Labute approximate surface area is 70.5 Å². The number of nitrogens with zero attached hydrogens (tertiary/aromatic N) is 2. The van der Waals surface area contributed by atoms with Gasteiger partial charge in [-0.15, -0.1) is 4.36 Å². The Bertz CT molecular complexity index is 188. The fraction of sp³-hybridized carbons (Fsp3) is 0.857. The Hall–Kier alpha value is -0.400. The summed E-state index contributed by atoms with van der Waals surface area (Å²) >= 11 is 0. The van der Waals surface area contributed by atoms with Crippen molar-refractivity contribution in [2.24, 2.45) is 4.36 Å². The Balaban J connectivity index is 3.74. The first-order valence-corrected chi connectivity index (χ1v) is 5.08. The predicted octanol–water partition coefficient (Wildman–Crippen LogP) is 1.67. The van der Waals surface area contributed by atoms with E-state index in [4.69, 9.17) is 10.00 Å². The topological polar surface area (TPSA) is 45.4 Å². The highest BCUT2D eigenvalue weighted by Crippen LogP contribution is 2.06. The van der Waals surface area contributed by atoms with Crippen LogP contribution in [0.3, 0.4) is 0 Å². The van der Waals surface area contributed by atoms with Gasteiger partial charge in [-0.1, -0.05) is 10.7 Å². The SMILES string of the molecule is CS(COC(C)(C)C)=NC#N. The number of hydrogen-bond acceptors (Lipinski definition) is 3. The summed E-state index contributed by atoms with van der Waals surface area (Å²) < 4.78 is 9.05. The summed E-state index contributed by atoms with van der Waals surface area (Å²) in [4.78, 5) is 0. The summed E-state index contributed by atoms with van der Waals surface area (Å²) in [6.07, 6.45) is 3.64. The minimum atomic E-state index is -0.275. The van der Waals surface area contributed by atoms with Gasteiger partial charge in [0.1, 0.15) is 5.94 Å². The third-order valence-corrected chi connectivity index (χ3v) is 1.71. The van der Waals surface area contributed by atoms with Crippen molar-refractivity contribution in [3.05, 3.63) is 0 Å². The molecule has 0 fully saturated rings. The number of nitriles is 1. The average molecular weight is 174 g/mol. The van der Waals surface area contributed by atoms with Gasteiger partial charge in [0.25, 0.3) is 0 Å². The summed E-state index contributed by atoms with van der Waals surface area (Å²) in [7, 11) is -0.275. The Kier molecular flexibility index (Phi) is 4.31. The third-order valence-electron chi connectivity index (χ3n) is 0.859. The second-order valence-electron chi connectivity index (χ2n) is 3.17. The van der Waals surface area contributed by atoms with E-state index in [-0.39, 0.29) is 16.3 Å². The van der Waals surface area contributed by atoms with Crippen molar-refractivity contribution < 1.29 is 4.74 Å². The lowest BCUT2D eigenvalue weighted by molar-refractivity contribution is 0.0281. The van der Waals surface area contributed by atoms with Crippen LogP contribution >= 0.6 is 0 Å². The van der Waals surface area contributed by atoms with Crippen molar-refractivity contribution in [3.63, 3.8) is 0 Å². The van der Waals surface area contributed by atoms with Crippen LogP contribution in [0.15, 0.2) is 4.36 Å². The van der Waals surface area contributed by atoms with Crippen molar-refractivity contribution in [1.82, 2.24) is 0 Å². The van der Waals surface area contributed by atoms with E-state index in [9.17, 15) is 0 Å². The molecule has 3 nitrogen and oxygen atoms in total. The Morgan fingerprint density at radius 3 is 2.45 bits per heavy atom. The fourth-order valence-corrected chi connectivity index (χ4v) is 1.07. The van der Waals surface area contributed by atoms with Gasteiger partial charge in [0.05, 0.1) is 5.60 Å². The number of ether oxygens (including phenoxy) is 1. The maximum atomic E-state index is 8.20. The first-order valence-electron chi connectivity index (χ1n) is 3.32. The molecule has 0 aliphatic rings. The molecule has 0 saturated heterocycles. The van der Waals surface area contributed by atoms with Crippen molar-refractivity contribution in [2.45, 2.75) is 26.4 Å². The highest BCUT2D eigenvalue weighted by Gasteiger charge is 2.09. The van der Waals surface area contributed by atoms with Gasteiger partial charge in [-0.05, 0) is 27.0 Å². The molecule has 4 heteroatoms. The standard InChI is InChI=1S/C7H14N2OS/c1-7(2,3)10-6-11(4)9-5-8/h6H2,1-4H3. The van der Waals surface area contributed by atoms with E-state index >= 15 is 0 Å². The van der Waals surface area contributed by atoms with Crippen LogP contribution in [0.1, 0.15) is 20.8 Å². The van der Waals surface area contributed by atoms with Crippen LogP contribution in [0.5, 0.6) is 0 Å². The molecule has 0 aromatic rings. The van der Waals surface area contributed by atoms with E-state index < -0.39 is 0 Å². The van der Waals surface area contributed by atoms with Gasteiger partial charge in [0.2, 0.25) is 6.19 Å². The van der Waals surface area contributed by atoms with E-state index in [0.29, 0.717) is 5.94 Å². The van der Waals surface area contributed by atoms with E-state index in [1.807, 2.05) is 27.0 Å². The van der Waals surface area contributed by atoms with Gasteiger partial charge in [0, 0.05) is 0 Å². The Morgan fingerprint density at radius 1 is 1.55 bits per heavy atom. The summed E-state index contributed by atoms with van der Waals surface area (Å²) in [6, 6.07) is 0. The summed E-state index contributed by atoms with van der Waals surface area (Å²) in [5, 5.41) is 8.20.